The standard InChI is InChI=1S/C21H21NO3/c1-2-3-4-14-9-13-10-15(24)5-7-17(13)21-19(12-23)18-8-6-16(25)11-20(18)22(14)21/h5-8,10-12,14,24-25H,2-4,9H2,1H3/t14-/m0/s1. The molecule has 0 bridgehead atoms. The third-order valence-electron chi connectivity index (χ3n) is 5.20. The van der Waals surface area contributed by atoms with E-state index in [4.69, 9.17) is 0 Å². The van der Waals surface area contributed by atoms with Gasteiger partial charge in [-0.05, 0) is 48.7 Å². The number of fused-ring (bicyclic) bond motifs is 5. The second kappa shape index (κ2) is 5.96. The molecule has 0 radical (unpaired) electrons. The summed E-state index contributed by atoms with van der Waals surface area (Å²) in [6.07, 6.45) is 4.91. The fourth-order valence-electron chi connectivity index (χ4n) is 4.09. The van der Waals surface area contributed by atoms with E-state index in [1.54, 1.807) is 18.2 Å². The van der Waals surface area contributed by atoms with Crippen LogP contribution in [0.3, 0.4) is 0 Å². The highest BCUT2D eigenvalue weighted by Crippen LogP contribution is 2.44. The maximum absolute atomic E-state index is 11.9. The van der Waals surface area contributed by atoms with Crippen LogP contribution in [0.4, 0.5) is 0 Å². The highest BCUT2D eigenvalue weighted by molar-refractivity contribution is 6.06. The van der Waals surface area contributed by atoms with Crippen LogP contribution in [0.5, 0.6) is 11.5 Å². The van der Waals surface area contributed by atoms with Crippen molar-refractivity contribution in [1.82, 2.24) is 4.57 Å². The number of hydrogen-bond acceptors (Lipinski definition) is 3. The van der Waals surface area contributed by atoms with Crippen LogP contribution < -0.4 is 0 Å². The molecular weight excluding hydrogens is 314 g/mol. The lowest BCUT2D eigenvalue weighted by molar-refractivity contribution is 0.112. The highest BCUT2D eigenvalue weighted by Gasteiger charge is 2.29. The van der Waals surface area contributed by atoms with Crippen LogP contribution in [0.15, 0.2) is 36.4 Å². The number of hydrogen-bond donors (Lipinski definition) is 2. The summed E-state index contributed by atoms with van der Waals surface area (Å²) in [5.41, 5.74) is 4.52. The fourth-order valence-corrected chi connectivity index (χ4v) is 4.09. The van der Waals surface area contributed by atoms with Gasteiger partial charge in [0.1, 0.15) is 11.5 Å². The van der Waals surface area contributed by atoms with Crippen LogP contribution in [0.1, 0.15) is 48.1 Å². The zero-order valence-corrected chi connectivity index (χ0v) is 14.2. The first kappa shape index (κ1) is 15.8. The molecule has 0 fully saturated rings. The van der Waals surface area contributed by atoms with Crippen LogP contribution in [0, 0.1) is 0 Å². The number of carbonyl (C=O) groups excluding carboxylic acids is 1. The molecule has 0 aliphatic carbocycles. The molecule has 4 rings (SSSR count). The van der Waals surface area contributed by atoms with E-state index in [2.05, 4.69) is 11.5 Å². The molecule has 0 spiro atoms. The topological polar surface area (TPSA) is 62.5 Å². The molecule has 1 aliphatic heterocycles. The van der Waals surface area contributed by atoms with Gasteiger partial charge in [0.15, 0.2) is 6.29 Å². The van der Waals surface area contributed by atoms with Gasteiger partial charge in [-0.25, -0.2) is 0 Å². The molecule has 2 aromatic carbocycles. The average Bonchev–Trinajstić information content (AvgIpc) is 2.93. The largest absolute Gasteiger partial charge is 0.508 e. The van der Waals surface area contributed by atoms with Gasteiger partial charge in [-0.1, -0.05) is 19.8 Å². The van der Waals surface area contributed by atoms with E-state index in [9.17, 15) is 15.0 Å². The van der Waals surface area contributed by atoms with Gasteiger partial charge in [-0.2, -0.15) is 0 Å². The molecule has 4 nitrogen and oxygen atoms in total. The van der Waals surface area contributed by atoms with E-state index in [1.807, 2.05) is 18.2 Å². The predicted octanol–water partition coefficient (Wildman–Crippen LogP) is 4.82. The van der Waals surface area contributed by atoms with Gasteiger partial charge in [-0.3, -0.25) is 4.79 Å². The van der Waals surface area contributed by atoms with Gasteiger partial charge >= 0.3 is 0 Å². The third kappa shape index (κ3) is 2.40. The maximum atomic E-state index is 11.9. The molecule has 1 atom stereocenters. The van der Waals surface area contributed by atoms with Crippen LogP contribution >= 0.6 is 0 Å². The SMILES string of the molecule is CCCC[C@H]1Cc2cc(O)ccc2-c2c(C=O)c3ccc(O)cc3n21. The summed E-state index contributed by atoms with van der Waals surface area (Å²) >= 11 is 0. The minimum Gasteiger partial charge on any atom is -0.508 e. The Bertz CT molecular complexity index is 971. The summed E-state index contributed by atoms with van der Waals surface area (Å²) in [5, 5.41) is 20.7. The molecule has 0 amide bonds. The molecule has 128 valence electrons. The Hall–Kier alpha value is -2.75. The van der Waals surface area contributed by atoms with Crippen molar-refractivity contribution in [1.29, 1.82) is 0 Å². The lowest BCUT2D eigenvalue weighted by atomic mass is 9.90. The number of aromatic hydroxyl groups is 2. The molecule has 3 aromatic rings. The maximum Gasteiger partial charge on any atom is 0.152 e. The van der Waals surface area contributed by atoms with E-state index in [-0.39, 0.29) is 17.5 Å². The number of phenolic OH excluding ortho intramolecular Hbond substituents is 2. The Balaban J connectivity index is 2.06. The molecule has 4 heteroatoms. The van der Waals surface area contributed by atoms with Crippen LogP contribution in [-0.2, 0) is 6.42 Å². The molecule has 0 unspecified atom stereocenters. The molecule has 2 heterocycles. The summed E-state index contributed by atoms with van der Waals surface area (Å²) < 4.78 is 2.22. The molecule has 1 aromatic heterocycles. The highest BCUT2D eigenvalue weighted by atomic mass is 16.3. The first-order chi connectivity index (χ1) is 12.1. The van der Waals surface area contributed by atoms with Crippen LogP contribution in [0.2, 0.25) is 0 Å². The summed E-state index contributed by atoms with van der Waals surface area (Å²) in [7, 11) is 0. The number of aromatic nitrogens is 1. The Morgan fingerprint density at radius 2 is 1.92 bits per heavy atom. The summed E-state index contributed by atoms with van der Waals surface area (Å²) in [5.74, 6) is 0.457. The van der Waals surface area contributed by atoms with E-state index in [1.165, 1.54) is 0 Å². The van der Waals surface area contributed by atoms with Crippen molar-refractivity contribution in [3.05, 3.63) is 47.5 Å². The molecular formula is C21H21NO3. The van der Waals surface area contributed by atoms with Gasteiger partial charge in [0.2, 0.25) is 0 Å². The van der Waals surface area contributed by atoms with E-state index in [0.29, 0.717) is 5.56 Å². The second-order valence-electron chi connectivity index (χ2n) is 6.79. The van der Waals surface area contributed by atoms with E-state index >= 15 is 0 Å². The van der Waals surface area contributed by atoms with Crippen LogP contribution in [0.25, 0.3) is 22.2 Å². The number of nitrogens with zero attached hydrogens (tertiary/aromatic N) is 1. The quantitative estimate of drug-likeness (QED) is 0.672. The summed E-state index contributed by atoms with van der Waals surface area (Å²) in [6, 6.07) is 10.8. The number of phenols is 2. The van der Waals surface area contributed by atoms with Crippen LogP contribution in [-0.4, -0.2) is 21.1 Å². The predicted molar refractivity (Wildman–Crippen MR) is 98.4 cm³/mol. The first-order valence-corrected chi connectivity index (χ1v) is 8.78. The summed E-state index contributed by atoms with van der Waals surface area (Å²) in [6.45, 7) is 2.17. The van der Waals surface area contributed by atoms with Crippen molar-refractivity contribution in [2.75, 3.05) is 0 Å². The van der Waals surface area contributed by atoms with E-state index < -0.39 is 0 Å². The lowest BCUT2D eigenvalue weighted by Gasteiger charge is -2.29. The fraction of sp³-hybridized carbons (Fsp3) is 0.286. The molecule has 1 aliphatic rings. The molecule has 25 heavy (non-hydrogen) atoms. The number of rotatable bonds is 4. The monoisotopic (exact) mass is 335 g/mol. The Labute approximate surface area is 146 Å². The minimum absolute atomic E-state index is 0.205. The van der Waals surface area contributed by atoms with Crippen molar-refractivity contribution in [3.63, 3.8) is 0 Å². The minimum atomic E-state index is 0.205. The Morgan fingerprint density at radius 1 is 1.16 bits per heavy atom. The van der Waals surface area contributed by atoms with Crippen molar-refractivity contribution in [2.45, 2.75) is 38.6 Å². The smallest absolute Gasteiger partial charge is 0.152 e. The zero-order valence-electron chi connectivity index (χ0n) is 14.2. The lowest BCUT2D eigenvalue weighted by Crippen LogP contribution is -2.19. The van der Waals surface area contributed by atoms with Crippen molar-refractivity contribution in [2.24, 2.45) is 0 Å². The second-order valence-corrected chi connectivity index (χ2v) is 6.79. The Morgan fingerprint density at radius 3 is 2.68 bits per heavy atom. The normalized spacial score (nSPS) is 15.8. The zero-order chi connectivity index (χ0) is 17.6. The van der Waals surface area contributed by atoms with Gasteiger partial charge < -0.3 is 14.8 Å². The number of aldehydes is 1. The number of carbonyl (C=O) groups is 1. The van der Waals surface area contributed by atoms with E-state index in [0.717, 1.165) is 59.7 Å². The average molecular weight is 335 g/mol. The van der Waals surface area contributed by atoms with Gasteiger partial charge in [-0.15, -0.1) is 0 Å². The molecule has 0 saturated carbocycles. The number of unbranched alkanes of at least 4 members (excludes halogenated alkanes) is 1. The van der Waals surface area contributed by atoms with Gasteiger partial charge in [0, 0.05) is 28.6 Å². The van der Waals surface area contributed by atoms with Crippen molar-refractivity contribution >= 4 is 17.2 Å². The van der Waals surface area contributed by atoms with Crippen molar-refractivity contribution < 1.29 is 15.0 Å². The first-order valence-electron chi connectivity index (χ1n) is 8.78. The molecule has 0 saturated heterocycles. The summed E-state index contributed by atoms with van der Waals surface area (Å²) in [4.78, 5) is 11.9. The van der Waals surface area contributed by atoms with Gasteiger partial charge in [0.05, 0.1) is 11.2 Å². The van der Waals surface area contributed by atoms with Crippen molar-refractivity contribution in [3.8, 4) is 22.8 Å². The third-order valence-corrected chi connectivity index (χ3v) is 5.20. The molecule has 2 N–H and O–H groups in total. The number of benzene rings is 2. The Kier molecular flexibility index (Phi) is 3.75. The van der Waals surface area contributed by atoms with Gasteiger partial charge in [0.25, 0.3) is 0 Å².